The Morgan fingerprint density at radius 3 is 2.09 bits per heavy atom. The summed E-state index contributed by atoms with van der Waals surface area (Å²) in [6.07, 6.45) is 0. The SMILES string of the molecule is CC(C)(C)c1ccc(Nc2cc3c(cc2-c2ccc4c5cc6sc7ccccc7c6cc5n5c4c2Bc2cc4oc(-c6ccccc6)c(-c6ccccc6)c4cc2-5)-c2ccccc2C3(C)C)cc1. The van der Waals surface area contributed by atoms with E-state index >= 15 is 0 Å². The largest absolute Gasteiger partial charge is 0.455 e. The Bertz CT molecular complexity index is 4070. The predicted octanol–water partition coefficient (Wildman–Crippen LogP) is 15.9. The van der Waals surface area contributed by atoms with Crippen LogP contribution in [0.15, 0.2) is 186 Å². The highest BCUT2D eigenvalue weighted by molar-refractivity contribution is 7.25. The van der Waals surface area contributed by atoms with Gasteiger partial charge in [-0.25, -0.2) is 0 Å². The zero-order valence-corrected chi connectivity index (χ0v) is 39.6. The van der Waals surface area contributed by atoms with Gasteiger partial charge in [0.1, 0.15) is 11.3 Å². The minimum atomic E-state index is -0.150. The van der Waals surface area contributed by atoms with Crippen molar-refractivity contribution in [3.8, 4) is 50.4 Å². The number of nitrogens with zero attached hydrogens (tertiary/aromatic N) is 1. The second-order valence-electron chi connectivity index (χ2n) is 20.5. The third-order valence-corrected chi connectivity index (χ3v) is 16.3. The first-order valence-electron chi connectivity index (χ1n) is 23.9. The van der Waals surface area contributed by atoms with Crippen LogP contribution >= 0.6 is 11.3 Å². The number of rotatable bonds is 5. The average Bonchev–Trinajstić information content (AvgIpc) is 4.07. The molecule has 14 rings (SSSR count). The molecule has 0 saturated carbocycles. The van der Waals surface area contributed by atoms with Crippen molar-refractivity contribution in [3.05, 3.63) is 199 Å². The van der Waals surface area contributed by atoms with Crippen LogP contribution in [0.2, 0.25) is 0 Å². The number of hydrogen-bond donors (Lipinski definition) is 1. The molecule has 9 aromatic carbocycles. The molecular weight excluding hydrogens is 844 g/mol. The van der Waals surface area contributed by atoms with Crippen LogP contribution in [-0.4, -0.2) is 11.8 Å². The zero-order valence-electron chi connectivity index (χ0n) is 38.8. The molecule has 324 valence electrons. The number of aromatic nitrogens is 1. The average molecular weight is 891 g/mol. The van der Waals surface area contributed by atoms with Crippen LogP contribution in [0.4, 0.5) is 11.4 Å². The highest BCUT2D eigenvalue weighted by Crippen LogP contribution is 2.52. The number of anilines is 2. The van der Waals surface area contributed by atoms with Crippen molar-refractivity contribution >= 4 is 93.9 Å². The normalized spacial score (nSPS) is 13.6. The van der Waals surface area contributed by atoms with Crippen LogP contribution in [-0.2, 0) is 10.8 Å². The fourth-order valence-corrected chi connectivity index (χ4v) is 12.9. The molecule has 0 atom stereocenters. The van der Waals surface area contributed by atoms with E-state index in [2.05, 4.69) is 226 Å². The van der Waals surface area contributed by atoms with E-state index in [1.54, 1.807) is 0 Å². The van der Waals surface area contributed by atoms with Gasteiger partial charge >= 0.3 is 0 Å². The monoisotopic (exact) mass is 890 g/mol. The summed E-state index contributed by atoms with van der Waals surface area (Å²) in [6.45, 7) is 11.6. The Balaban J connectivity index is 1.07. The lowest BCUT2D eigenvalue weighted by Crippen LogP contribution is -2.37. The number of furan rings is 1. The van der Waals surface area contributed by atoms with Crippen LogP contribution < -0.4 is 16.2 Å². The number of benzene rings is 9. The molecule has 68 heavy (non-hydrogen) atoms. The van der Waals surface area contributed by atoms with Crippen LogP contribution in [0, 0.1) is 0 Å². The van der Waals surface area contributed by atoms with Gasteiger partial charge in [-0.05, 0) is 104 Å². The topological polar surface area (TPSA) is 30.1 Å². The van der Waals surface area contributed by atoms with E-state index in [-0.39, 0.29) is 10.8 Å². The maximum Gasteiger partial charge on any atom is 0.198 e. The standard InChI is InChI=1S/C63H47BN2OS/c1-62(2,3)38-24-26-39(27-25-38)65-52-34-50-44(40-20-12-14-22-49(40)63(50,4)5)30-45(52)42-28-29-43-46-33-57-47(41-21-13-15-23-56(41)68-57)31-53(46)66-54-32-48-55(35-51(54)64-59(42)60(43)66)67-61(37-18-10-7-11-19-37)58(48)36-16-8-6-9-17-36/h6-35,64-65H,1-5H3. The Hall–Kier alpha value is -7.60. The quantitative estimate of drug-likeness (QED) is 0.175. The summed E-state index contributed by atoms with van der Waals surface area (Å²) in [4.78, 5) is 0. The van der Waals surface area contributed by atoms with Gasteiger partial charge in [-0.2, -0.15) is 0 Å². The second-order valence-corrected chi connectivity index (χ2v) is 21.6. The molecular formula is C63H47BN2OS. The first-order valence-corrected chi connectivity index (χ1v) is 24.7. The summed E-state index contributed by atoms with van der Waals surface area (Å²) in [6, 6.07) is 67.7. The molecule has 2 aliphatic rings. The smallest absolute Gasteiger partial charge is 0.198 e. The molecule has 0 amide bonds. The van der Waals surface area contributed by atoms with Crippen LogP contribution in [0.3, 0.4) is 0 Å². The summed E-state index contributed by atoms with van der Waals surface area (Å²) >= 11 is 1.89. The summed E-state index contributed by atoms with van der Waals surface area (Å²) in [5.74, 6) is 0.897. The highest BCUT2D eigenvalue weighted by Gasteiger charge is 2.37. The molecule has 0 unspecified atom stereocenters. The maximum atomic E-state index is 7.05. The molecule has 1 aliphatic carbocycles. The lowest BCUT2D eigenvalue weighted by molar-refractivity contribution is 0.590. The Kier molecular flexibility index (Phi) is 8.27. The van der Waals surface area contributed by atoms with E-state index in [0.29, 0.717) is 0 Å². The van der Waals surface area contributed by atoms with Crippen molar-refractivity contribution in [3.63, 3.8) is 0 Å². The molecule has 3 aromatic heterocycles. The summed E-state index contributed by atoms with van der Waals surface area (Å²) in [7, 11) is 0.756. The van der Waals surface area contributed by atoms with Gasteiger partial charge in [0.15, 0.2) is 7.28 Å². The van der Waals surface area contributed by atoms with E-state index in [1.165, 1.54) is 97.5 Å². The van der Waals surface area contributed by atoms with Gasteiger partial charge in [-0.3, -0.25) is 0 Å². The molecule has 0 radical (unpaired) electrons. The van der Waals surface area contributed by atoms with Gasteiger partial charge in [0.25, 0.3) is 0 Å². The summed E-state index contributed by atoms with van der Waals surface area (Å²) in [5.41, 5.74) is 21.8. The number of hydrogen-bond acceptors (Lipinski definition) is 3. The van der Waals surface area contributed by atoms with Gasteiger partial charge in [-0.1, -0.05) is 167 Å². The first kappa shape index (κ1) is 39.6. The minimum absolute atomic E-state index is 0.0650. The molecule has 0 bridgehead atoms. The number of nitrogens with one attached hydrogen (secondary N) is 1. The zero-order chi connectivity index (χ0) is 45.6. The Morgan fingerprint density at radius 1 is 0.559 bits per heavy atom. The van der Waals surface area contributed by atoms with Crippen molar-refractivity contribution in [2.24, 2.45) is 0 Å². The maximum absolute atomic E-state index is 7.05. The molecule has 1 aliphatic heterocycles. The van der Waals surface area contributed by atoms with Gasteiger partial charge in [0.2, 0.25) is 0 Å². The van der Waals surface area contributed by atoms with Gasteiger partial charge < -0.3 is 14.3 Å². The summed E-state index contributed by atoms with van der Waals surface area (Å²) < 4.78 is 12.3. The molecule has 0 spiro atoms. The van der Waals surface area contributed by atoms with E-state index in [4.69, 9.17) is 4.42 Å². The third-order valence-electron chi connectivity index (χ3n) is 15.2. The minimum Gasteiger partial charge on any atom is -0.455 e. The van der Waals surface area contributed by atoms with Crippen molar-refractivity contribution in [2.75, 3.05) is 5.32 Å². The Morgan fingerprint density at radius 2 is 1.29 bits per heavy atom. The predicted molar refractivity (Wildman–Crippen MR) is 292 cm³/mol. The fourth-order valence-electron chi connectivity index (χ4n) is 11.8. The number of thiophene rings is 1. The molecule has 3 nitrogen and oxygen atoms in total. The lowest BCUT2D eigenvalue weighted by Gasteiger charge is -2.26. The van der Waals surface area contributed by atoms with Crippen LogP contribution in [0.5, 0.6) is 0 Å². The van der Waals surface area contributed by atoms with E-state index in [9.17, 15) is 0 Å². The summed E-state index contributed by atoms with van der Waals surface area (Å²) in [5, 5.41) is 10.3. The van der Waals surface area contributed by atoms with E-state index < -0.39 is 0 Å². The molecule has 12 aromatic rings. The molecule has 1 N–H and O–H groups in total. The number of fused-ring (bicyclic) bond motifs is 12. The molecule has 5 heteroatoms. The van der Waals surface area contributed by atoms with Crippen LogP contribution in [0.1, 0.15) is 51.3 Å². The second kappa shape index (κ2) is 14.2. The molecule has 0 fully saturated rings. The van der Waals surface area contributed by atoms with E-state index in [0.717, 1.165) is 52.1 Å². The van der Waals surface area contributed by atoms with Crippen molar-refractivity contribution in [1.29, 1.82) is 0 Å². The fraction of sp³-hybridized carbons (Fsp3) is 0.111. The van der Waals surface area contributed by atoms with Gasteiger partial charge in [0.05, 0.1) is 5.52 Å². The highest BCUT2D eigenvalue weighted by atomic mass is 32.1. The molecule has 0 saturated heterocycles. The molecule has 4 heterocycles. The Labute approximate surface area is 400 Å². The van der Waals surface area contributed by atoms with Crippen molar-refractivity contribution < 1.29 is 4.42 Å². The first-order chi connectivity index (χ1) is 33.1. The van der Waals surface area contributed by atoms with Gasteiger partial charge in [0, 0.05) is 81.0 Å². The van der Waals surface area contributed by atoms with Crippen molar-refractivity contribution in [1.82, 2.24) is 4.57 Å². The van der Waals surface area contributed by atoms with Gasteiger partial charge in [-0.15, -0.1) is 11.3 Å². The third kappa shape index (κ3) is 5.72. The van der Waals surface area contributed by atoms with E-state index in [1.807, 2.05) is 11.3 Å². The van der Waals surface area contributed by atoms with Crippen molar-refractivity contribution in [2.45, 2.75) is 45.4 Å². The lowest BCUT2D eigenvalue weighted by atomic mass is 9.59. The van der Waals surface area contributed by atoms with Crippen LogP contribution in [0.25, 0.3) is 103 Å².